The quantitative estimate of drug-likeness (QED) is 0.691. The SMILES string of the molecule is O=C(c1ccccc1)N1CCCN(Cc2coc(-c3ccc(F)cc3)n2)CC1. The number of benzene rings is 2. The second kappa shape index (κ2) is 8.35. The van der Waals surface area contributed by atoms with Crippen molar-refractivity contribution in [3.63, 3.8) is 0 Å². The number of halogens is 1. The summed E-state index contributed by atoms with van der Waals surface area (Å²) in [4.78, 5) is 21.4. The molecule has 0 N–H and O–H groups in total. The lowest BCUT2D eigenvalue weighted by Crippen LogP contribution is -2.35. The summed E-state index contributed by atoms with van der Waals surface area (Å²) in [6.45, 7) is 3.80. The Labute approximate surface area is 163 Å². The number of carbonyl (C=O) groups excluding carboxylic acids is 1. The minimum Gasteiger partial charge on any atom is -0.444 e. The van der Waals surface area contributed by atoms with Crippen molar-refractivity contribution in [3.05, 3.63) is 77.9 Å². The lowest BCUT2D eigenvalue weighted by atomic mass is 10.2. The highest BCUT2D eigenvalue weighted by Gasteiger charge is 2.21. The maximum atomic E-state index is 13.1. The van der Waals surface area contributed by atoms with Crippen molar-refractivity contribution < 1.29 is 13.6 Å². The van der Waals surface area contributed by atoms with Crippen LogP contribution in [0.25, 0.3) is 11.5 Å². The molecule has 2 heterocycles. The molecular weight excluding hydrogens is 357 g/mol. The van der Waals surface area contributed by atoms with Crippen LogP contribution in [0, 0.1) is 5.82 Å². The van der Waals surface area contributed by atoms with Crippen molar-refractivity contribution in [2.24, 2.45) is 0 Å². The van der Waals surface area contributed by atoms with Gasteiger partial charge in [-0.25, -0.2) is 9.37 Å². The number of oxazole rings is 1. The van der Waals surface area contributed by atoms with Crippen LogP contribution < -0.4 is 0 Å². The average Bonchev–Trinajstić information content (AvgIpc) is 3.06. The highest BCUT2D eigenvalue weighted by Crippen LogP contribution is 2.20. The van der Waals surface area contributed by atoms with E-state index in [-0.39, 0.29) is 11.7 Å². The fourth-order valence-corrected chi connectivity index (χ4v) is 3.43. The summed E-state index contributed by atoms with van der Waals surface area (Å²) in [6.07, 6.45) is 2.57. The first kappa shape index (κ1) is 18.4. The summed E-state index contributed by atoms with van der Waals surface area (Å²) in [5, 5.41) is 0. The maximum absolute atomic E-state index is 13.1. The molecule has 1 aromatic heterocycles. The molecule has 1 aliphatic rings. The molecule has 2 aromatic carbocycles. The number of rotatable bonds is 4. The van der Waals surface area contributed by atoms with Crippen LogP contribution in [-0.2, 0) is 6.54 Å². The molecule has 6 heteroatoms. The molecule has 1 saturated heterocycles. The van der Waals surface area contributed by atoms with E-state index in [9.17, 15) is 9.18 Å². The number of carbonyl (C=O) groups is 1. The second-order valence-electron chi connectivity index (χ2n) is 6.94. The molecule has 0 unspecified atom stereocenters. The fraction of sp³-hybridized carbons (Fsp3) is 0.273. The Balaban J connectivity index is 1.36. The summed E-state index contributed by atoms with van der Waals surface area (Å²) in [5.41, 5.74) is 2.32. The van der Waals surface area contributed by atoms with Crippen molar-refractivity contribution >= 4 is 5.91 Å². The predicted octanol–water partition coefficient (Wildman–Crippen LogP) is 3.83. The molecule has 1 amide bonds. The topological polar surface area (TPSA) is 49.6 Å². The molecular formula is C22H22FN3O2. The minimum absolute atomic E-state index is 0.0856. The van der Waals surface area contributed by atoms with E-state index >= 15 is 0 Å². The summed E-state index contributed by atoms with van der Waals surface area (Å²) >= 11 is 0. The van der Waals surface area contributed by atoms with Crippen LogP contribution in [0.1, 0.15) is 22.5 Å². The van der Waals surface area contributed by atoms with Crippen molar-refractivity contribution in [2.45, 2.75) is 13.0 Å². The zero-order valence-corrected chi connectivity index (χ0v) is 15.6. The van der Waals surface area contributed by atoms with Crippen LogP contribution in [0.5, 0.6) is 0 Å². The Morgan fingerprint density at radius 3 is 2.57 bits per heavy atom. The first-order valence-electron chi connectivity index (χ1n) is 9.46. The van der Waals surface area contributed by atoms with Gasteiger partial charge in [0.05, 0.1) is 5.69 Å². The van der Waals surface area contributed by atoms with Gasteiger partial charge in [-0.2, -0.15) is 0 Å². The van der Waals surface area contributed by atoms with E-state index in [1.165, 1.54) is 12.1 Å². The first-order chi connectivity index (χ1) is 13.7. The molecule has 0 aliphatic carbocycles. The van der Waals surface area contributed by atoms with Crippen molar-refractivity contribution in [1.29, 1.82) is 0 Å². The summed E-state index contributed by atoms with van der Waals surface area (Å²) in [5.74, 6) is 0.294. The van der Waals surface area contributed by atoms with E-state index in [0.29, 0.717) is 19.0 Å². The summed E-state index contributed by atoms with van der Waals surface area (Å²) in [7, 11) is 0. The van der Waals surface area contributed by atoms with Crippen LogP contribution in [0.4, 0.5) is 4.39 Å². The van der Waals surface area contributed by atoms with Gasteiger partial charge < -0.3 is 9.32 Å². The van der Waals surface area contributed by atoms with E-state index in [1.54, 1.807) is 18.4 Å². The van der Waals surface area contributed by atoms with Gasteiger partial charge in [0.1, 0.15) is 12.1 Å². The van der Waals surface area contributed by atoms with E-state index in [4.69, 9.17) is 4.42 Å². The molecule has 1 fully saturated rings. The van der Waals surface area contributed by atoms with Crippen molar-refractivity contribution in [3.8, 4) is 11.5 Å². The van der Waals surface area contributed by atoms with E-state index in [1.807, 2.05) is 35.2 Å². The molecule has 0 radical (unpaired) electrons. The second-order valence-corrected chi connectivity index (χ2v) is 6.94. The lowest BCUT2D eigenvalue weighted by molar-refractivity contribution is 0.0761. The van der Waals surface area contributed by atoms with Gasteiger partial charge in [0.25, 0.3) is 5.91 Å². The number of amides is 1. The molecule has 28 heavy (non-hydrogen) atoms. The van der Waals surface area contributed by atoms with Gasteiger partial charge in [-0.1, -0.05) is 18.2 Å². The van der Waals surface area contributed by atoms with Gasteiger partial charge in [-0.3, -0.25) is 9.69 Å². The molecule has 144 valence electrons. The molecule has 1 aliphatic heterocycles. The Kier molecular flexibility index (Phi) is 5.48. The molecule has 3 aromatic rings. The Morgan fingerprint density at radius 1 is 1.00 bits per heavy atom. The van der Waals surface area contributed by atoms with Gasteiger partial charge in [-0.15, -0.1) is 0 Å². The zero-order valence-electron chi connectivity index (χ0n) is 15.6. The molecule has 0 bridgehead atoms. The maximum Gasteiger partial charge on any atom is 0.253 e. The molecule has 5 nitrogen and oxygen atoms in total. The third-order valence-corrected chi connectivity index (χ3v) is 4.92. The van der Waals surface area contributed by atoms with Crippen LogP contribution >= 0.6 is 0 Å². The normalized spacial score (nSPS) is 15.4. The van der Waals surface area contributed by atoms with Gasteiger partial charge >= 0.3 is 0 Å². The first-order valence-corrected chi connectivity index (χ1v) is 9.46. The number of nitrogens with zero attached hydrogens (tertiary/aromatic N) is 3. The monoisotopic (exact) mass is 379 g/mol. The average molecular weight is 379 g/mol. The molecule has 0 spiro atoms. The third-order valence-electron chi connectivity index (χ3n) is 4.92. The van der Waals surface area contributed by atoms with E-state index in [2.05, 4.69) is 9.88 Å². The van der Waals surface area contributed by atoms with Crippen molar-refractivity contribution in [2.75, 3.05) is 26.2 Å². The standard InChI is InChI=1S/C22H22FN3O2/c23-19-9-7-17(8-10-19)21-24-20(16-28-21)15-25-11-4-12-26(14-13-25)22(27)18-5-2-1-3-6-18/h1-3,5-10,16H,4,11-15H2. The van der Waals surface area contributed by atoms with Gasteiger partial charge in [0.15, 0.2) is 0 Å². The van der Waals surface area contributed by atoms with Crippen LogP contribution in [0.15, 0.2) is 65.3 Å². The zero-order chi connectivity index (χ0) is 19.3. The van der Waals surface area contributed by atoms with E-state index < -0.39 is 0 Å². The Bertz CT molecular complexity index is 924. The Morgan fingerprint density at radius 2 is 1.79 bits per heavy atom. The lowest BCUT2D eigenvalue weighted by Gasteiger charge is -2.21. The van der Waals surface area contributed by atoms with Crippen LogP contribution in [0.2, 0.25) is 0 Å². The highest BCUT2D eigenvalue weighted by molar-refractivity contribution is 5.94. The third kappa shape index (κ3) is 4.28. The molecule has 4 rings (SSSR count). The molecule has 0 atom stereocenters. The Hall–Kier alpha value is -2.99. The van der Waals surface area contributed by atoms with Crippen molar-refractivity contribution in [1.82, 2.24) is 14.8 Å². The van der Waals surface area contributed by atoms with E-state index in [0.717, 1.165) is 42.9 Å². The number of hydrogen-bond donors (Lipinski definition) is 0. The summed E-state index contributed by atoms with van der Waals surface area (Å²) < 4.78 is 18.6. The highest BCUT2D eigenvalue weighted by atomic mass is 19.1. The minimum atomic E-state index is -0.283. The van der Waals surface area contributed by atoms with Gasteiger partial charge in [0, 0.05) is 43.9 Å². The predicted molar refractivity (Wildman–Crippen MR) is 104 cm³/mol. The largest absolute Gasteiger partial charge is 0.444 e. The van der Waals surface area contributed by atoms with Gasteiger partial charge in [0.2, 0.25) is 5.89 Å². The fourth-order valence-electron chi connectivity index (χ4n) is 3.43. The van der Waals surface area contributed by atoms with Crippen LogP contribution in [-0.4, -0.2) is 46.9 Å². The number of hydrogen-bond acceptors (Lipinski definition) is 4. The number of aromatic nitrogens is 1. The van der Waals surface area contributed by atoms with Gasteiger partial charge in [-0.05, 0) is 42.8 Å². The summed E-state index contributed by atoms with van der Waals surface area (Å²) in [6, 6.07) is 15.5. The smallest absolute Gasteiger partial charge is 0.253 e. The van der Waals surface area contributed by atoms with Crippen LogP contribution in [0.3, 0.4) is 0 Å². The molecule has 0 saturated carbocycles.